The molecule has 0 heterocycles. The zero-order valence-electron chi connectivity index (χ0n) is 11.6. The predicted molar refractivity (Wildman–Crippen MR) is 81.8 cm³/mol. The van der Waals surface area contributed by atoms with Crippen LogP contribution in [0, 0.1) is 11.3 Å². The molecule has 5 heteroatoms. The van der Waals surface area contributed by atoms with Gasteiger partial charge in [-0.3, -0.25) is 5.43 Å². The predicted octanol–water partition coefficient (Wildman–Crippen LogP) is 3.04. The van der Waals surface area contributed by atoms with Gasteiger partial charge in [0.05, 0.1) is 19.0 Å². The van der Waals surface area contributed by atoms with Crippen LogP contribution in [0.15, 0.2) is 53.6 Å². The standard InChI is InChI=1S/C16H15N3O2/c1-20-15-7-8-16(21-10-9-17)13(11-15)12-18-19-14-5-3-2-4-6-14/h2-8,11-12,19H,10H2,1H3. The third kappa shape index (κ3) is 4.25. The maximum atomic E-state index is 8.60. The molecule has 0 aliphatic heterocycles. The van der Waals surface area contributed by atoms with Crippen molar-refractivity contribution >= 4 is 11.9 Å². The Morgan fingerprint density at radius 2 is 2.05 bits per heavy atom. The van der Waals surface area contributed by atoms with Gasteiger partial charge in [0.2, 0.25) is 0 Å². The van der Waals surface area contributed by atoms with Crippen LogP contribution in [0.3, 0.4) is 0 Å². The molecule has 5 nitrogen and oxygen atoms in total. The monoisotopic (exact) mass is 281 g/mol. The minimum Gasteiger partial charge on any atom is -0.497 e. The number of ether oxygens (including phenoxy) is 2. The second kappa shape index (κ2) is 7.56. The highest BCUT2D eigenvalue weighted by Crippen LogP contribution is 2.22. The Kier molecular flexibility index (Phi) is 5.18. The van der Waals surface area contributed by atoms with E-state index in [9.17, 15) is 0 Å². The zero-order valence-corrected chi connectivity index (χ0v) is 11.6. The lowest BCUT2D eigenvalue weighted by atomic mass is 10.2. The molecule has 2 aromatic rings. The van der Waals surface area contributed by atoms with Crippen molar-refractivity contribution in [2.75, 3.05) is 19.1 Å². The van der Waals surface area contributed by atoms with Gasteiger partial charge in [-0.1, -0.05) is 18.2 Å². The Hall–Kier alpha value is -3.00. The summed E-state index contributed by atoms with van der Waals surface area (Å²) < 4.78 is 10.5. The first-order valence-corrected chi connectivity index (χ1v) is 6.35. The van der Waals surface area contributed by atoms with Crippen LogP contribution in [0.4, 0.5) is 5.69 Å². The minimum absolute atomic E-state index is 0.0146. The number of hydrazone groups is 1. The summed E-state index contributed by atoms with van der Waals surface area (Å²) in [5, 5.41) is 12.8. The van der Waals surface area contributed by atoms with Gasteiger partial charge in [0.15, 0.2) is 6.61 Å². The average Bonchev–Trinajstić information content (AvgIpc) is 2.54. The van der Waals surface area contributed by atoms with Crippen molar-refractivity contribution in [1.82, 2.24) is 0 Å². The summed E-state index contributed by atoms with van der Waals surface area (Å²) in [6.07, 6.45) is 1.63. The number of nitrogens with one attached hydrogen (secondary N) is 1. The molecular formula is C16H15N3O2. The summed E-state index contributed by atoms with van der Waals surface area (Å²) in [7, 11) is 1.59. The second-order valence-electron chi connectivity index (χ2n) is 4.09. The largest absolute Gasteiger partial charge is 0.497 e. The minimum atomic E-state index is -0.0146. The molecule has 0 radical (unpaired) electrons. The third-order valence-electron chi connectivity index (χ3n) is 2.68. The van der Waals surface area contributed by atoms with Crippen LogP contribution in [-0.4, -0.2) is 19.9 Å². The van der Waals surface area contributed by atoms with Gasteiger partial charge in [-0.25, -0.2) is 0 Å². The van der Waals surface area contributed by atoms with E-state index in [2.05, 4.69) is 10.5 Å². The smallest absolute Gasteiger partial charge is 0.174 e. The first-order chi connectivity index (χ1) is 10.3. The molecule has 0 amide bonds. The van der Waals surface area contributed by atoms with Crippen molar-refractivity contribution in [3.8, 4) is 17.6 Å². The zero-order chi connectivity index (χ0) is 14.9. The van der Waals surface area contributed by atoms with Gasteiger partial charge < -0.3 is 9.47 Å². The molecule has 0 unspecified atom stereocenters. The van der Waals surface area contributed by atoms with Gasteiger partial charge in [-0.05, 0) is 30.3 Å². The summed E-state index contributed by atoms with van der Waals surface area (Å²) in [5.41, 5.74) is 4.54. The van der Waals surface area contributed by atoms with Crippen molar-refractivity contribution in [3.05, 3.63) is 54.1 Å². The van der Waals surface area contributed by atoms with Crippen LogP contribution in [0.5, 0.6) is 11.5 Å². The molecule has 1 N–H and O–H groups in total. The van der Waals surface area contributed by atoms with Crippen LogP contribution in [0.1, 0.15) is 5.56 Å². The number of methoxy groups -OCH3 is 1. The molecule has 0 aromatic heterocycles. The molecule has 0 atom stereocenters. The number of hydrogen-bond acceptors (Lipinski definition) is 5. The molecule has 0 bridgehead atoms. The molecule has 106 valence electrons. The van der Waals surface area contributed by atoms with Crippen LogP contribution in [0.2, 0.25) is 0 Å². The topological polar surface area (TPSA) is 66.6 Å². The Labute approximate surface area is 123 Å². The molecular weight excluding hydrogens is 266 g/mol. The van der Waals surface area contributed by atoms with Crippen molar-refractivity contribution < 1.29 is 9.47 Å². The van der Waals surface area contributed by atoms with Gasteiger partial charge in [-0.15, -0.1) is 0 Å². The van der Waals surface area contributed by atoms with Gasteiger partial charge >= 0.3 is 0 Å². The fraction of sp³-hybridized carbons (Fsp3) is 0.125. The van der Waals surface area contributed by atoms with Crippen LogP contribution >= 0.6 is 0 Å². The second-order valence-corrected chi connectivity index (χ2v) is 4.09. The lowest BCUT2D eigenvalue weighted by molar-refractivity contribution is 0.365. The Bertz CT molecular complexity index is 648. The Morgan fingerprint density at radius 1 is 1.24 bits per heavy atom. The quantitative estimate of drug-likeness (QED) is 0.653. The highest BCUT2D eigenvalue weighted by atomic mass is 16.5. The number of anilines is 1. The van der Waals surface area contributed by atoms with E-state index in [0.717, 1.165) is 11.3 Å². The van der Waals surface area contributed by atoms with E-state index in [1.165, 1.54) is 0 Å². The molecule has 2 aromatic carbocycles. The summed E-state index contributed by atoms with van der Waals surface area (Å²) in [4.78, 5) is 0. The molecule has 0 saturated heterocycles. The Morgan fingerprint density at radius 3 is 2.76 bits per heavy atom. The summed E-state index contributed by atoms with van der Waals surface area (Å²) in [6, 6.07) is 16.9. The van der Waals surface area contributed by atoms with Crippen LogP contribution < -0.4 is 14.9 Å². The van der Waals surface area contributed by atoms with Crippen molar-refractivity contribution in [3.63, 3.8) is 0 Å². The van der Waals surface area contributed by atoms with E-state index in [-0.39, 0.29) is 6.61 Å². The molecule has 2 rings (SSSR count). The van der Waals surface area contributed by atoms with Gasteiger partial charge in [0.1, 0.15) is 17.6 Å². The van der Waals surface area contributed by atoms with E-state index < -0.39 is 0 Å². The lowest BCUT2D eigenvalue weighted by Gasteiger charge is -2.08. The third-order valence-corrected chi connectivity index (χ3v) is 2.68. The van der Waals surface area contributed by atoms with Crippen LogP contribution in [-0.2, 0) is 0 Å². The first kappa shape index (κ1) is 14.4. The van der Waals surface area contributed by atoms with Gasteiger partial charge in [-0.2, -0.15) is 10.4 Å². The van der Waals surface area contributed by atoms with E-state index in [0.29, 0.717) is 11.5 Å². The van der Waals surface area contributed by atoms with E-state index >= 15 is 0 Å². The summed E-state index contributed by atoms with van der Waals surface area (Å²) >= 11 is 0. The first-order valence-electron chi connectivity index (χ1n) is 6.35. The molecule has 0 aliphatic rings. The maximum absolute atomic E-state index is 8.60. The highest BCUT2D eigenvalue weighted by Gasteiger charge is 2.03. The fourth-order valence-corrected chi connectivity index (χ4v) is 1.68. The van der Waals surface area contributed by atoms with Crippen molar-refractivity contribution in [2.45, 2.75) is 0 Å². The average molecular weight is 281 g/mol. The molecule has 0 saturated carbocycles. The normalized spacial score (nSPS) is 10.1. The lowest BCUT2D eigenvalue weighted by Crippen LogP contribution is -1.99. The molecule has 21 heavy (non-hydrogen) atoms. The number of benzene rings is 2. The van der Waals surface area contributed by atoms with Crippen molar-refractivity contribution in [2.24, 2.45) is 5.10 Å². The van der Waals surface area contributed by atoms with Crippen LogP contribution in [0.25, 0.3) is 0 Å². The number of hydrogen-bond donors (Lipinski definition) is 1. The molecule has 0 spiro atoms. The van der Waals surface area contributed by atoms with E-state index in [1.807, 2.05) is 36.4 Å². The van der Waals surface area contributed by atoms with E-state index in [1.54, 1.807) is 31.5 Å². The maximum Gasteiger partial charge on any atom is 0.174 e. The summed E-state index contributed by atoms with van der Waals surface area (Å²) in [6.45, 7) is -0.0146. The number of nitriles is 1. The Balaban J connectivity index is 2.14. The van der Waals surface area contributed by atoms with E-state index in [4.69, 9.17) is 14.7 Å². The molecule has 0 aliphatic carbocycles. The van der Waals surface area contributed by atoms with Gasteiger partial charge in [0, 0.05) is 5.56 Å². The molecule has 0 fully saturated rings. The summed E-state index contributed by atoms with van der Waals surface area (Å²) in [5.74, 6) is 1.27. The number of para-hydroxylation sites is 1. The number of nitrogens with zero attached hydrogens (tertiary/aromatic N) is 2. The highest BCUT2D eigenvalue weighted by molar-refractivity contribution is 5.84. The fourth-order valence-electron chi connectivity index (χ4n) is 1.68. The number of rotatable bonds is 6. The van der Waals surface area contributed by atoms with Crippen molar-refractivity contribution in [1.29, 1.82) is 5.26 Å². The SMILES string of the molecule is COc1ccc(OCC#N)c(C=NNc2ccccc2)c1. The van der Waals surface area contributed by atoms with Gasteiger partial charge in [0.25, 0.3) is 0 Å².